The Labute approximate surface area is 161 Å². The van der Waals surface area contributed by atoms with Crippen LogP contribution in [-0.4, -0.2) is 31.8 Å². The van der Waals surface area contributed by atoms with E-state index in [2.05, 4.69) is 21.1 Å². The molecule has 0 aliphatic carbocycles. The van der Waals surface area contributed by atoms with Crippen LogP contribution in [0, 0.1) is 11.3 Å². The average molecular weight is 371 g/mol. The van der Waals surface area contributed by atoms with Crippen LogP contribution in [0.4, 0.5) is 0 Å². The summed E-state index contributed by atoms with van der Waals surface area (Å²) in [4.78, 5) is 8.47. The largest absolute Gasteiger partial charge is 0.493 e. The second kappa shape index (κ2) is 7.47. The van der Waals surface area contributed by atoms with Crippen molar-refractivity contribution in [2.75, 3.05) is 7.11 Å². The number of hydrogen-bond donors (Lipinski definition) is 1. The lowest BCUT2D eigenvalue weighted by atomic mass is 9.97. The monoisotopic (exact) mass is 371 g/mol. The Kier molecular flexibility index (Phi) is 4.70. The van der Waals surface area contributed by atoms with E-state index in [9.17, 15) is 10.4 Å². The lowest BCUT2D eigenvalue weighted by Gasteiger charge is -2.12. The van der Waals surface area contributed by atoms with Crippen LogP contribution in [0.3, 0.4) is 0 Å². The van der Waals surface area contributed by atoms with E-state index in [0.29, 0.717) is 29.0 Å². The summed E-state index contributed by atoms with van der Waals surface area (Å²) in [7, 11) is 1.58. The molecule has 0 aliphatic rings. The first-order valence-electron chi connectivity index (χ1n) is 8.69. The fourth-order valence-corrected chi connectivity index (χ4v) is 3.18. The Morgan fingerprint density at radius 3 is 2.68 bits per heavy atom. The molecule has 2 aromatic heterocycles. The van der Waals surface area contributed by atoms with Crippen molar-refractivity contribution in [3.63, 3.8) is 0 Å². The summed E-state index contributed by atoms with van der Waals surface area (Å²) in [5.74, 6) is 0.338. The Bertz CT molecular complexity index is 1180. The predicted octanol–water partition coefficient (Wildman–Crippen LogP) is 3.11. The summed E-state index contributed by atoms with van der Waals surface area (Å²) < 4.78 is 6.54. The van der Waals surface area contributed by atoms with Gasteiger partial charge in [-0.15, -0.1) is 0 Å². The fourth-order valence-electron chi connectivity index (χ4n) is 3.18. The predicted molar refractivity (Wildman–Crippen MR) is 103 cm³/mol. The van der Waals surface area contributed by atoms with Crippen molar-refractivity contribution in [2.45, 2.75) is 13.0 Å². The maximum Gasteiger partial charge on any atom is 0.255 e. The molecule has 4 rings (SSSR count). The molecule has 7 nitrogen and oxygen atoms in total. The van der Waals surface area contributed by atoms with Gasteiger partial charge in [0.2, 0.25) is 5.88 Å². The maximum atomic E-state index is 10.6. The highest BCUT2D eigenvalue weighted by molar-refractivity contribution is 5.70. The quantitative estimate of drug-likeness (QED) is 0.579. The van der Waals surface area contributed by atoms with Crippen molar-refractivity contribution in [2.24, 2.45) is 0 Å². The molecular formula is C21H17N5O2. The van der Waals surface area contributed by atoms with Crippen molar-refractivity contribution in [1.29, 1.82) is 5.26 Å². The van der Waals surface area contributed by atoms with Crippen LogP contribution in [0.15, 0.2) is 54.9 Å². The van der Waals surface area contributed by atoms with Gasteiger partial charge in [0.05, 0.1) is 23.9 Å². The first-order valence-corrected chi connectivity index (χ1v) is 8.69. The molecule has 0 atom stereocenters. The Hall–Kier alpha value is -3.76. The Balaban J connectivity index is 1.69. The minimum absolute atomic E-state index is 0.00783. The number of rotatable bonds is 5. The van der Waals surface area contributed by atoms with E-state index in [1.54, 1.807) is 13.2 Å². The fraction of sp³-hybridized carbons (Fsp3) is 0.143. The average Bonchev–Trinajstić information content (AvgIpc) is 3.20. The zero-order valence-corrected chi connectivity index (χ0v) is 15.2. The number of nitrogens with zero attached hydrogens (tertiary/aromatic N) is 5. The summed E-state index contributed by atoms with van der Waals surface area (Å²) >= 11 is 0. The number of methoxy groups -OCH3 is 1. The maximum absolute atomic E-state index is 10.6. The van der Waals surface area contributed by atoms with Crippen molar-refractivity contribution in [3.05, 3.63) is 77.2 Å². The van der Waals surface area contributed by atoms with Crippen LogP contribution < -0.4 is 0 Å². The van der Waals surface area contributed by atoms with Crippen molar-refractivity contribution < 1.29 is 9.84 Å². The van der Waals surface area contributed by atoms with Gasteiger partial charge in [-0.05, 0) is 22.8 Å². The molecule has 138 valence electrons. The molecular weight excluding hydrogens is 354 g/mol. The third-order valence-corrected chi connectivity index (χ3v) is 4.56. The molecule has 0 unspecified atom stereocenters. The van der Waals surface area contributed by atoms with Gasteiger partial charge in [-0.2, -0.15) is 19.9 Å². The van der Waals surface area contributed by atoms with Gasteiger partial charge >= 0.3 is 0 Å². The molecule has 0 bridgehead atoms. The van der Waals surface area contributed by atoms with Gasteiger partial charge in [0.15, 0.2) is 0 Å². The first kappa shape index (κ1) is 17.6. The van der Waals surface area contributed by atoms with Crippen LogP contribution in [-0.2, 0) is 17.8 Å². The molecule has 4 aromatic rings. The second-order valence-corrected chi connectivity index (χ2v) is 6.30. The third-order valence-electron chi connectivity index (χ3n) is 4.56. The van der Waals surface area contributed by atoms with Gasteiger partial charge in [0.1, 0.15) is 6.33 Å². The SMILES string of the molecule is COCc1nc2ncnn2c(O)c1Cc1ccc(-c2ccccc2C#N)cc1. The minimum Gasteiger partial charge on any atom is -0.493 e. The van der Waals surface area contributed by atoms with E-state index in [1.165, 1.54) is 10.8 Å². The topological polar surface area (TPSA) is 96.3 Å². The van der Waals surface area contributed by atoms with E-state index < -0.39 is 0 Å². The molecule has 0 fully saturated rings. The van der Waals surface area contributed by atoms with Crippen molar-refractivity contribution >= 4 is 5.78 Å². The summed E-state index contributed by atoms with van der Waals surface area (Å²) in [5, 5.41) is 24.0. The molecule has 0 amide bonds. The van der Waals surface area contributed by atoms with Gasteiger partial charge in [-0.3, -0.25) is 0 Å². The molecule has 0 saturated heterocycles. The highest BCUT2D eigenvalue weighted by Gasteiger charge is 2.16. The Morgan fingerprint density at radius 1 is 1.14 bits per heavy atom. The van der Waals surface area contributed by atoms with E-state index >= 15 is 0 Å². The summed E-state index contributed by atoms with van der Waals surface area (Å²) in [5.41, 5.74) is 4.75. The lowest BCUT2D eigenvalue weighted by Crippen LogP contribution is -2.06. The number of aromatic nitrogens is 4. The zero-order valence-electron chi connectivity index (χ0n) is 15.2. The Morgan fingerprint density at radius 2 is 1.93 bits per heavy atom. The zero-order chi connectivity index (χ0) is 19.5. The number of nitriles is 1. The van der Waals surface area contributed by atoms with Crippen LogP contribution in [0.1, 0.15) is 22.4 Å². The van der Waals surface area contributed by atoms with Gasteiger partial charge in [0.25, 0.3) is 5.78 Å². The number of fused-ring (bicyclic) bond motifs is 1. The normalized spacial score (nSPS) is 10.9. The van der Waals surface area contributed by atoms with Crippen molar-refractivity contribution in [3.8, 4) is 23.1 Å². The van der Waals surface area contributed by atoms with E-state index in [1.807, 2.05) is 42.5 Å². The van der Waals surface area contributed by atoms with E-state index in [0.717, 1.165) is 16.7 Å². The van der Waals surface area contributed by atoms with Crippen molar-refractivity contribution in [1.82, 2.24) is 19.6 Å². The standard InChI is InChI=1S/C21H17N5O2/c1-28-12-19-18(20(27)26-21(25-19)23-13-24-26)10-14-6-8-15(9-7-14)17-5-3-2-4-16(17)11-22/h2-9,13,27H,10,12H2,1H3. The summed E-state index contributed by atoms with van der Waals surface area (Å²) in [6.07, 6.45) is 1.82. The van der Waals surface area contributed by atoms with Crippen LogP contribution in [0.25, 0.3) is 16.9 Å². The summed E-state index contributed by atoms with van der Waals surface area (Å²) in [6.45, 7) is 0.264. The molecule has 0 aliphatic heterocycles. The molecule has 0 spiro atoms. The van der Waals surface area contributed by atoms with Gasteiger partial charge in [0, 0.05) is 19.1 Å². The minimum atomic E-state index is 0.00783. The number of benzene rings is 2. The van der Waals surface area contributed by atoms with Gasteiger partial charge in [-0.25, -0.2) is 4.98 Å². The molecule has 1 N–H and O–H groups in total. The molecule has 0 radical (unpaired) electrons. The molecule has 28 heavy (non-hydrogen) atoms. The molecule has 2 aromatic carbocycles. The lowest BCUT2D eigenvalue weighted by molar-refractivity contribution is 0.180. The highest BCUT2D eigenvalue weighted by Crippen LogP contribution is 2.27. The van der Waals surface area contributed by atoms with Crippen LogP contribution >= 0.6 is 0 Å². The first-order chi connectivity index (χ1) is 13.7. The number of hydrogen-bond acceptors (Lipinski definition) is 6. The summed E-state index contributed by atoms with van der Waals surface area (Å²) in [6, 6.07) is 17.6. The van der Waals surface area contributed by atoms with Gasteiger partial charge < -0.3 is 9.84 Å². The third kappa shape index (κ3) is 3.17. The molecule has 0 saturated carbocycles. The van der Waals surface area contributed by atoms with Crippen LogP contribution in [0.5, 0.6) is 5.88 Å². The second-order valence-electron chi connectivity index (χ2n) is 6.30. The molecule has 2 heterocycles. The van der Waals surface area contributed by atoms with Gasteiger partial charge in [-0.1, -0.05) is 42.5 Å². The van der Waals surface area contributed by atoms with Crippen LogP contribution in [0.2, 0.25) is 0 Å². The smallest absolute Gasteiger partial charge is 0.255 e. The highest BCUT2D eigenvalue weighted by atomic mass is 16.5. The van der Waals surface area contributed by atoms with E-state index in [4.69, 9.17) is 4.74 Å². The van der Waals surface area contributed by atoms with E-state index in [-0.39, 0.29) is 12.5 Å². The number of ether oxygens (including phenoxy) is 1. The number of aromatic hydroxyl groups is 1. The molecule has 7 heteroatoms.